The van der Waals surface area contributed by atoms with Crippen molar-refractivity contribution in [1.29, 1.82) is 0 Å². The average molecular weight is 346 g/mol. The smallest absolute Gasteiger partial charge is 0.227 e. The third kappa shape index (κ3) is 4.97. The zero-order valence-corrected chi connectivity index (χ0v) is 15.9. The third-order valence-electron chi connectivity index (χ3n) is 4.85. The van der Waals surface area contributed by atoms with Crippen molar-refractivity contribution in [3.8, 4) is 5.75 Å². The minimum atomic E-state index is 0.103. The molecule has 0 spiro atoms. The maximum Gasteiger partial charge on any atom is 0.227 e. The van der Waals surface area contributed by atoms with Gasteiger partial charge in [-0.2, -0.15) is 0 Å². The molecule has 1 aliphatic rings. The quantitative estimate of drug-likeness (QED) is 0.796. The van der Waals surface area contributed by atoms with Crippen molar-refractivity contribution in [2.75, 3.05) is 33.3 Å². The molecule has 0 atom stereocenters. The van der Waals surface area contributed by atoms with Crippen molar-refractivity contribution in [1.82, 2.24) is 9.80 Å². The number of hydrogen-bond donors (Lipinski definition) is 0. The molecular weight excluding hydrogens is 316 g/mol. The van der Waals surface area contributed by atoms with E-state index in [0.29, 0.717) is 39.0 Å². The van der Waals surface area contributed by atoms with Crippen LogP contribution in [0.5, 0.6) is 5.75 Å². The van der Waals surface area contributed by atoms with Crippen molar-refractivity contribution < 1.29 is 14.3 Å². The maximum absolute atomic E-state index is 12.7. The molecule has 1 heterocycles. The van der Waals surface area contributed by atoms with E-state index in [4.69, 9.17) is 4.74 Å². The molecule has 138 valence electrons. The molecule has 0 aliphatic carbocycles. The first kappa shape index (κ1) is 19.3. The van der Waals surface area contributed by atoms with Gasteiger partial charge in [0.2, 0.25) is 11.8 Å². The third-order valence-corrected chi connectivity index (χ3v) is 4.85. The second kappa shape index (κ2) is 8.88. The Hall–Kier alpha value is -2.04. The summed E-state index contributed by atoms with van der Waals surface area (Å²) in [5.41, 5.74) is 3.17. The molecule has 2 amide bonds. The summed E-state index contributed by atoms with van der Waals surface area (Å²) in [6.45, 7) is 8.63. The molecule has 1 aliphatic heterocycles. The Kier molecular flexibility index (Phi) is 6.85. The van der Waals surface area contributed by atoms with Gasteiger partial charge in [-0.25, -0.2) is 0 Å². The van der Waals surface area contributed by atoms with E-state index in [2.05, 4.69) is 13.0 Å². The van der Waals surface area contributed by atoms with Gasteiger partial charge in [0.15, 0.2) is 0 Å². The van der Waals surface area contributed by atoms with Gasteiger partial charge in [-0.3, -0.25) is 9.59 Å². The fraction of sp³-hybridized carbons (Fsp3) is 0.600. The lowest BCUT2D eigenvalue weighted by molar-refractivity contribution is -0.139. The number of rotatable bonds is 6. The van der Waals surface area contributed by atoms with Gasteiger partial charge < -0.3 is 14.5 Å². The summed E-state index contributed by atoms with van der Waals surface area (Å²) in [5, 5.41) is 0. The Morgan fingerprint density at radius 3 is 2.20 bits per heavy atom. The number of amides is 2. The number of nitrogens with zero attached hydrogens (tertiary/aromatic N) is 2. The first-order valence-electron chi connectivity index (χ1n) is 9.16. The predicted octanol–water partition coefficient (Wildman–Crippen LogP) is 2.72. The van der Waals surface area contributed by atoms with E-state index in [1.54, 1.807) is 7.11 Å². The van der Waals surface area contributed by atoms with Gasteiger partial charge >= 0.3 is 0 Å². The molecule has 0 saturated carbocycles. The van der Waals surface area contributed by atoms with Gasteiger partial charge in [0.1, 0.15) is 5.75 Å². The van der Waals surface area contributed by atoms with E-state index < -0.39 is 0 Å². The molecule has 1 fully saturated rings. The van der Waals surface area contributed by atoms with Crippen LogP contribution < -0.4 is 4.74 Å². The Morgan fingerprint density at radius 2 is 1.64 bits per heavy atom. The van der Waals surface area contributed by atoms with Crippen LogP contribution in [0.25, 0.3) is 0 Å². The Bertz CT molecular complexity index is 620. The zero-order chi connectivity index (χ0) is 18.4. The largest absolute Gasteiger partial charge is 0.496 e. The van der Waals surface area contributed by atoms with E-state index in [9.17, 15) is 9.59 Å². The van der Waals surface area contributed by atoms with Crippen molar-refractivity contribution >= 4 is 11.8 Å². The van der Waals surface area contributed by atoms with Crippen LogP contribution in [0.15, 0.2) is 12.1 Å². The molecule has 1 aromatic carbocycles. The number of ether oxygens (including phenoxy) is 1. The number of unbranched alkanes of at least 4 members (excludes halogenated alkanes) is 1. The van der Waals surface area contributed by atoms with Gasteiger partial charge in [0.05, 0.1) is 13.5 Å². The lowest BCUT2D eigenvalue weighted by atomic mass is 10.0. The number of piperazine rings is 1. The van der Waals surface area contributed by atoms with Crippen LogP contribution in [-0.2, 0) is 16.0 Å². The number of hydrogen-bond acceptors (Lipinski definition) is 3. The minimum Gasteiger partial charge on any atom is -0.496 e. The van der Waals surface area contributed by atoms with E-state index >= 15 is 0 Å². The van der Waals surface area contributed by atoms with E-state index in [0.717, 1.165) is 35.3 Å². The zero-order valence-electron chi connectivity index (χ0n) is 15.9. The minimum absolute atomic E-state index is 0.103. The summed E-state index contributed by atoms with van der Waals surface area (Å²) in [5.74, 6) is 1.09. The number of methoxy groups -OCH3 is 1. The van der Waals surface area contributed by atoms with Crippen LogP contribution in [-0.4, -0.2) is 54.9 Å². The van der Waals surface area contributed by atoms with Crippen molar-refractivity contribution in [2.45, 2.75) is 46.5 Å². The van der Waals surface area contributed by atoms with Crippen LogP contribution in [0.2, 0.25) is 0 Å². The topological polar surface area (TPSA) is 49.9 Å². The Labute approximate surface area is 150 Å². The summed E-state index contributed by atoms with van der Waals surface area (Å²) in [6, 6.07) is 4.05. The summed E-state index contributed by atoms with van der Waals surface area (Å²) >= 11 is 0. The van der Waals surface area contributed by atoms with Crippen molar-refractivity contribution in [3.63, 3.8) is 0 Å². The summed E-state index contributed by atoms with van der Waals surface area (Å²) < 4.78 is 5.46. The van der Waals surface area contributed by atoms with Gasteiger partial charge in [-0.05, 0) is 37.5 Å². The number of benzene rings is 1. The van der Waals surface area contributed by atoms with Crippen LogP contribution in [0, 0.1) is 13.8 Å². The van der Waals surface area contributed by atoms with Gasteiger partial charge in [-0.15, -0.1) is 0 Å². The van der Waals surface area contributed by atoms with Crippen LogP contribution in [0.3, 0.4) is 0 Å². The fourth-order valence-corrected chi connectivity index (χ4v) is 3.32. The van der Waals surface area contributed by atoms with Crippen molar-refractivity contribution in [2.24, 2.45) is 0 Å². The number of carbonyl (C=O) groups excluding carboxylic acids is 2. The van der Waals surface area contributed by atoms with E-state index in [1.807, 2.05) is 29.7 Å². The van der Waals surface area contributed by atoms with Gasteiger partial charge in [-0.1, -0.05) is 19.4 Å². The highest BCUT2D eigenvalue weighted by molar-refractivity contribution is 5.81. The molecule has 1 aromatic rings. The maximum atomic E-state index is 12.7. The molecule has 0 N–H and O–H groups in total. The van der Waals surface area contributed by atoms with E-state index in [1.165, 1.54) is 0 Å². The highest BCUT2D eigenvalue weighted by Crippen LogP contribution is 2.25. The molecule has 0 bridgehead atoms. The molecule has 2 rings (SSSR count). The van der Waals surface area contributed by atoms with Crippen molar-refractivity contribution in [3.05, 3.63) is 28.8 Å². The molecule has 5 nitrogen and oxygen atoms in total. The highest BCUT2D eigenvalue weighted by atomic mass is 16.5. The normalized spacial score (nSPS) is 14.6. The Balaban J connectivity index is 1.94. The second-order valence-corrected chi connectivity index (χ2v) is 6.80. The summed E-state index contributed by atoms with van der Waals surface area (Å²) in [4.78, 5) is 28.5. The van der Waals surface area contributed by atoms with Crippen LogP contribution in [0.1, 0.15) is 42.9 Å². The predicted molar refractivity (Wildman–Crippen MR) is 98.9 cm³/mol. The molecular formula is C20H30N2O3. The monoisotopic (exact) mass is 346 g/mol. The molecule has 0 radical (unpaired) electrons. The SMILES string of the molecule is CCCCC(=O)N1CCN(C(=O)Cc2c(C)cc(C)cc2OC)CC1. The molecule has 25 heavy (non-hydrogen) atoms. The lowest BCUT2D eigenvalue weighted by Gasteiger charge is -2.35. The first-order valence-corrected chi connectivity index (χ1v) is 9.16. The molecule has 5 heteroatoms. The fourth-order valence-electron chi connectivity index (χ4n) is 3.32. The number of carbonyl (C=O) groups is 2. The Morgan fingerprint density at radius 1 is 1.04 bits per heavy atom. The second-order valence-electron chi connectivity index (χ2n) is 6.80. The van der Waals surface area contributed by atoms with Crippen LogP contribution >= 0.6 is 0 Å². The first-order chi connectivity index (χ1) is 12.0. The highest BCUT2D eigenvalue weighted by Gasteiger charge is 2.24. The van der Waals surface area contributed by atoms with Gasteiger partial charge in [0, 0.05) is 38.2 Å². The van der Waals surface area contributed by atoms with Gasteiger partial charge in [0.25, 0.3) is 0 Å². The summed E-state index contributed by atoms with van der Waals surface area (Å²) in [7, 11) is 1.64. The molecule has 0 aromatic heterocycles. The number of aryl methyl sites for hydroxylation is 2. The molecule has 1 saturated heterocycles. The van der Waals surface area contributed by atoms with Crippen LogP contribution in [0.4, 0.5) is 0 Å². The lowest BCUT2D eigenvalue weighted by Crippen LogP contribution is -2.51. The van der Waals surface area contributed by atoms with E-state index in [-0.39, 0.29) is 11.8 Å². The standard InChI is InChI=1S/C20H30N2O3/c1-5-6-7-19(23)21-8-10-22(11-9-21)20(24)14-17-16(3)12-15(2)13-18(17)25-4/h12-13H,5-11,14H2,1-4H3. The average Bonchev–Trinajstić information content (AvgIpc) is 2.61. The molecule has 0 unspecified atom stereocenters. The summed E-state index contributed by atoms with van der Waals surface area (Å²) in [6.07, 6.45) is 2.93.